The normalized spacial score (nSPS) is 12.7. The van der Waals surface area contributed by atoms with Crippen LogP contribution in [0.2, 0.25) is 0 Å². The van der Waals surface area contributed by atoms with Crippen LogP contribution >= 0.6 is 0 Å². The van der Waals surface area contributed by atoms with Gasteiger partial charge >= 0.3 is 0 Å². The van der Waals surface area contributed by atoms with Gasteiger partial charge in [0.1, 0.15) is 0 Å². The first kappa shape index (κ1) is 11.8. The van der Waals surface area contributed by atoms with E-state index in [1.807, 2.05) is 38.5 Å². The van der Waals surface area contributed by atoms with E-state index < -0.39 is 0 Å². The van der Waals surface area contributed by atoms with E-state index in [4.69, 9.17) is 0 Å². The average molecular weight is 253 g/mol. The molecule has 0 saturated heterocycles. The summed E-state index contributed by atoms with van der Waals surface area (Å²) < 4.78 is 1.77. The molecule has 3 rings (SSSR count). The molecular weight excluding hydrogens is 238 g/mol. The van der Waals surface area contributed by atoms with Crippen molar-refractivity contribution in [3.8, 4) is 0 Å². The average Bonchev–Trinajstić information content (AvgIpc) is 2.86. The first-order valence-electron chi connectivity index (χ1n) is 6.16. The third kappa shape index (κ3) is 1.98. The van der Waals surface area contributed by atoms with E-state index in [1.54, 1.807) is 10.9 Å². The maximum Gasteiger partial charge on any atom is 0.0942 e. The van der Waals surface area contributed by atoms with Crippen molar-refractivity contribution < 1.29 is 0 Å². The zero-order valence-corrected chi connectivity index (χ0v) is 10.9. The van der Waals surface area contributed by atoms with Gasteiger partial charge in [-0.05, 0) is 18.5 Å². The van der Waals surface area contributed by atoms with Crippen molar-refractivity contribution in [3.05, 3.63) is 54.1 Å². The van der Waals surface area contributed by atoms with Gasteiger partial charge in [0.2, 0.25) is 0 Å². The lowest BCUT2D eigenvalue weighted by atomic mass is 10.0. The zero-order chi connectivity index (χ0) is 13.2. The van der Waals surface area contributed by atoms with Crippen molar-refractivity contribution in [1.82, 2.24) is 25.3 Å². The van der Waals surface area contributed by atoms with E-state index in [-0.39, 0.29) is 6.04 Å². The molecule has 5 heteroatoms. The summed E-state index contributed by atoms with van der Waals surface area (Å²) in [5.74, 6) is 0. The Labute approximate surface area is 111 Å². The molecule has 1 unspecified atom stereocenters. The highest BCUT2D eigenvalue weighted by Crippen LogP contribution is 2.25. The summed E-state index contributed by atoms with van der Waals surface area (Å²) in [6.45, 7) is 0. The van der Waals surface area contributed by atoms with Gasteiger partial charge in [0.25, 0.3) is 0 Å². The highest BCUT2D eigenvalue weighted by atomic mass is 15.4. The number of nitrogens with one attached hydrogen (secondary N) is 1. The first-order chi connectivity index (χ1) is 9.31. The standard InChI is InChI=1S/C14H15N5/c1-15-14(12-9-17-18-19(12)2)13-11-6-4-3-5-10(11)7-8-16-13/h3-9,14-15H,1-2H3. The van der Waals surface area contributed by atoms with Crippen molar-refractivity contribution in [2.75, 3.05) is 7.05 Å². The predicted molar refractivity (Wildman–Crippen MR) is 73.6 cm³/mol. The third-order valence-electron chi connectivity index (χ3n) is 3.31. The molecule has 19 heavy (non-hydrogen) atoms. The molecule has 0 aliphatic heterocycles. The van der Waals surface area contributed by atoms with E-state index in [1.165, 1.54) is 5.39 Å². The number of fused-ring (bicyclic) bond motifs is 1. The van der Waals surface area contributed by atoms with Gasteiger partial charge in [-0.3, -0.25) is 9.67 Å². The maximum absolute atomic E-state index is 4.54. The van der Waals surface area contributed by atoms with Gasteiger partial charge < -0.3 is 5.32 Å². The van der Waals surface area contributed by atoms with Crippen molar-refractivity contribution >= 4 is 10.8 Å². The van der Waals surface area contributed by atoms with Crippen LogP contribution in [0.15, 0.2) is 42.7 Å². The van der Waals surface area contributed by atoms with Gasteiger partial charge in [-0.1, -0.05) is 29.5 Å². The summed E-state index contributed by atoms with van der Waals surface area (Å²) in [5, 5.41) is 13.5. The molecule has 0 spiro atoms. The summed E-state index contributed by atoms with van der Waals surface area (Å²) in [7, 11) is 3.80. The largest absolute Gasteiger partial charge is 0.307 e. The molecule has 2 heterocycles. The Bertz CT molecular complexity index is 698. The van der Waals surface area contributed by atoms with E-state index in [0.29, 0.717) is 0 Å². The molecule has 0 saturated carbocycles. The monoisotopic (exact) mass is 253 g/mol. The van der Waals surface area contributed by atoms with Crippen molar-refractivity contribution in [3.63, 3.8) is 0 Å². The molecule has 0 fully saturated rings. The third-order valence-corrected chi connectivity index (χ3v) is 3.31. The van der Waals surface area contributed by atoms with Gasteiger partial charge in [0.05, 0.1) is 23.6 Å². The van der Waals surface area contributed by atoms with Crippen LogP contribution in [0.25, 0.3) is 10.8 Å². The Morgan fingerprint density at radius 2 is 2.05 bits per heavy atom. The van der Waals surface area contributed by atoms with Crippen LogP contribution in [0.5, 0.6) is 0 Å². The molecule has 0 radical (unpaired) electrons. The molecule has 0 amide bonds. The molecule has 1 atom stereocenters. The minimum absolute atomic E-state index is 0.0221. The van der Waals surface area contributed by atoms with E-state index in [0.717, 1.165) is 16.8 Å². The van der Waals surface area contributed by atoms with E-state index >= 15 is 0 Å². The Hall–Kier alpha value is -2.27. The van der Waals surface area contributed by atoms with Gasteiger partial charge in [0, 0.05) is 18.6 Å². The molecule has 0 aliphatic carbocycles. The minimum atomic E-state index is -0.0221. The SMILES string of the molecule is CNC(c1nccc2ccccc12)c1cnnn1C. The lowest BCUT2D eigenvalue weighted by Gasteiger charge is -2.17. The number of nitrogens with zero attached hydrogens (tertiary/aromatic N) is 4. The maximum atomic E-state index is 4.54. The minimum Gasteiger partial charge on any atom is -0.307 e. The van der Waals surface area contributed by atoms with Crippen molar-refractivity contribution in [1.29, 1.82) is 0 Å². The number of benzene rings is 1. The quantitative estimate of drug-likeness (QED) is 0.771. The molecule has 5 nitrogen and oxygen atoms in total. The van der Waals surface area contributed by atoms with Gasteiger partial charge in [0.15, 0.2) is 0 Å². The van der Waals surface area contributed by atoms with Crippen LogP contribution in [0.1, 0.15) is 17.4 Å². The molecule has 1 aromatic carbocycles. The summed E-state index contributed by atoms with van der Waals surface area (Å²) in [6.07, 6.45) is 3.61. The van der Waals surface area contributed by atoms with Crippen molar-refractivity contribution in [2.24, 2.45) is 7.05 Å². The predicted octanol–water partition coefficient (Wildman–Crippen LogP) is 1.67. The summed E-state index contributed by atoms with van der Waals surface area (Å²) in [5.41, 5.74) is 1.98. The number of pyridine rings is 1. The van der Waals surface area contributed by atoms with Crippen LogP contribution in [-0.4, -0.2) is 27.0 Å². The van der Waals surface area contributed by atoms with E-state index in [2.05, 4.69) is 32.7 Å². The second-order valence-electron chi connectivity index (χ2n) is 4.42. The van der Waals surface area contributed by atoms with Gasteiger partial charge in [-0.2, -0.15) is 0 Å². The summed E-state index contributed by atoms with van der Waals surface area (Å²) in [4.78, 5) is 4.54. The molecule has 1 N–H and O–H groups in total. The molecule has 96 valence electrons. The highest BCUT2D eigenvalue weighted by Gasteiger charge is 2.19. The first-order valence-corrected chi connectivity index (χ1v) is 6.16. The summed E-state index contributed by atoms with van der Waals surface area (Å²) in [6, 6.07) is 10.2. The lowest BCUT2D eigenvalue weighted by molar-refractivity contribution is 0.591. The zero-order valence-electron chi connectivity index (χ0n) is 10.9. The van der Waals surface area contributed by atoms with Gasteiger partial charge in [-0.15, -0.1) is 5.10 Å². The molecule has 3 aromatic rings. The Kier molecular flexibility index (Phi) is 2.97. The highest BCUT2D eigenvalue weighted by molar-refractivity contribution is 5.84. The van der Waals surface area contributed by atoms with Gasteiger partial charge in [-0.25, -0.2) is 0 Å². The molecule has 0 aliphatic rings. The van der Waals surface area contributed by atoms with Crippen molar-refractivity contribution in [2.45, 2.75) is 6.04 Å². The fourth-order valence-corrected chi connectivity index (χ4v) is 2.36. The van der Waals surface area contributed by atoms with Crippen LogP contribution in [-0.2, 0) is 7.05 Å². The second kappa shape index (κ2) is 4.78. The van der Waals surface area contributed by atoms with Crippen LogP contribution in [0.4, 0.5) is 0 Å². The number of hydrogen-bond acceptors (Lipinski definition) is 4. The molecule has 2 aromatic heterocycles. The number of rotatable bonds is 3. The second-order valence-corrected chi connectivity index (χ2v) is 4.42. The smallest absolute Gasteiger partial charge is 0.0942 e. The number of aryl methyl sites for hydroxylation is 1. The molecular formula is C14H15N5. The lowest BCUT2D eigenvalue weighted by Crippen LogP contribution is -2.22. The fraction of sp³-hybridized carbons (Fsp3) is 0.214. The fourth-order valence-electron chi connectivity index (χ4n) is 2.36. The van der Waals surface area contributed by atoms with Crippen LogP contribution < -0.4 is 5.32 Å². The summed E-state index contributed by atoms with van der Waals surface area (Å²) >= 11 is 0. The van der Waals surface area contributed by atoms with E-state index in [9.17, 15) is 0 Å². The topological polar surface area (TPSA) is 55.6 Å². The number of aromatic nitrogens is 4. The van der Waals surface area contributed by atoms with Crippen LogP contribution in [0, 0.1) is 0 Å². The van der Waals surface area contributed by atoms with Crippen LogP contribution in [0.3, 0.4) is 0 Å². The number of hydrogen-bond donors (Lipinski definition) is 1. The Balaban J connectivity index is 2.20. The Morgan fingerprint density at radius 3 is 2.79 bits per heavy atom. The molecule has 0 bridgehead atoms. The Morgan fingerprint density at radius 1 is 1.21 bits per heavy atom.